The van der Waals surface area contributed by atoms with Crippen LogP contribution < -0.4 is 0 Å². The SMILES string of the molecule is C=C1CC[C@@H]2O[C@]2(C)CC[C@@H]2[C@@H]1C(=O)O[C@]2(/C=C/C=C(C)C)CO. The average Bonchev–Trinajstić information content (AvgIpc) is 3.06. The van der Waals surface area contributed by atoms with Crippen molar-refractivity contribution in [2.24, 2.45) is 11.8 Å². The van der Waals surface area contributed by atoms with Gasteiger partial charge in [-0.05, 0) is 52.5 Å². The number of hydrogen-bond donors (Lipinski definition) is 1. The number of rotatable bonds is 3. The normalized spacial score (nSPS) is 41.8. The van der Waals surface area contributed by atoms with Gasteiger partial charge in [0, 0.05) is 5.92 Å². The van der Waals surface area contributed by atoms with Crippen molar-refractivity contribution < 1.29 is 19.4 Å². The summed E-state index contributed by atoms with van der Waals surface area (Å²) in [6.45, 7) is 10.1. The Kier molecular flexibility index (Phi) is 4.47. The predicted octanol–water partition coefficient (Wildman–Crippen LogP) is 3.32. The maximum Gasteiger partial charge on any atom is 0.314 e. The van der Waals surface area contributed by atoms with Crippen LogP contribution in [-0.2, 0) is 14.3 Å². The minimum absolute atomic E-state index is 0.0916. The fourth-order valence-electron chi connectivity index (χ4n) is 4.19. The maximum absolute atomic E-state index is 12.6. The highest BCUT2D eigenvalue weighted by Crippen LogP contribution is 2.52. The molecule has 1 saturated carbocycles. The van der Waals surface area contributed by atoms with Crippen molar-refractivity contribution in [3.63, 3.8) is 0 Å². The largest absolute Gasteiger partial charge is 0.452 e. The van der Waals surface area contributed by atoms with Crippen LogP contribution in [0.5, 0.6) is 0 Å². The van der Waals surface area contributed by atoms with E-state index in [2.05, 4.69) is 13.5 Å². The number of ether oxygens (including phenoxy) is 2. The van der Waals surface area contributed by atoms with Gasteiger partial charge in [-0.2, -0.15) is 0 Å². The molecule has 3 rings (SSSR count). The molecule has 5 atom stereocenters. The van der Waals surface area contributed by atoms with Crippen LogP contribution >= 0.6 is 0 Å². The summed E-state index contributed by atoms with van der Waals surface area (Å²) >= 11 is 0. The summed E-state index contributed by atoms with van der Waals surface area (Å²) < 4.78 is 11.6. The zero-order valence-corrected chi connectivity index (χ0v) is 14.9. The van der Waals surface area contributed by atoms with Gasteiger partial charge >= 0.3 is 5.97 Å². The van der Waals surface area contributed by atoms with Crippen molar-refractivity contribution in [1.82, 2.24) is 0 Å². The van der Waals surface area contributed by atoms with Crippen LogP contribution in [0, 0.1) is 11.8 Å². The first-order valence-corrected chi connectivity index (χ1v) is 8.83. The van der Waals surface area contributed by atoms with Crippen molar-refractivity contribution >= 4 is 5.97 Å². The Morgan fingerprint density at radius 1 is 1.42 bits per heavy atom. The lowest BCUT2D eigenvalue weighted by Crippen LogP contribution is -2.39. The molecule has 0 aromatic carbocycles. The van der Waals surface area contributed by atoms with E-state index in [0.29, 0.717) is 0 Å². The van der Waals surface area contributed by atoms with Gasteiger partial charge in [0.25, 0.3) is 0 Å². The summed E-state index contributed by atoms with van der Waals surface area (Å²) in [6.07, 6.45) is 9.30. The van der Waals surface area contributed by atoms with Gasteiger partial charge in [0.1, 0.15) is 0 Å². The first-order valence-electron chi connectivity index (χ1n) is 8.83. The molecule has 2 aliphatic heterocycles. The quantitative estimate of drug-likeness (QED) is 0.373. The molecule has 2 saturated heterocycles. The average molecular weight is 332 g/mol. The van der Waals surface area contributed by atoms with Crippen molar-refractivity contribution in [3.8, 4) is 0 Å². The summed E-state index contributed by atoms with van der Waals surface area (Å²) in [4.78, 5) is 12.6. The Morgan fingerprint density at radius 2 is 2.17 bits per heavy atom. The summed E-state index contributed by atoms with van der Waals surface area (Å²) in [7, 11) is 0. The van der Waals surface area contributed by atoms with Crippen LogP contribution in [-0.4, -0.2) is 35.0 Å². The first-order chi connectivity index (χ1) is 11.3. The molecule has 3 fully saturated rings. The monoisotopic (exact) mass is 332 g/mol. The van der Waals surface area contributed by atoms with E-state index in [1.807, 2.05) is 32.1 Å². The molecule has 2 heterocycles. The van der Waals surface area contributed by atoms with Crippen LogP contribution in [0.3, 0.4) is 0 Å². The molecular weight excluding hydrogens is 304 g/mol. The van der Waals surface area contributed by atoms with Gasteiger partial charge in [0.15, 0.2) is 5.60 Å². The highest BCUT2D eigenvalue weighted by molar-refractivity contribution is 5.79. The Morgan fingerprint density at radius 3 is 2.83 bits per heavy atom. The molecular formula is C20H28O4. The molecule has 0 amide bonds. The topological polar surface area (TPSA) is 59.1 Å². The number of carbonyl (C=O) groups excluding carboxylic acids is 1. The van der Waals surface area contributed by atoms with E-state index in [0.717, 1.165) is 36.8 Å². The Balaban J connectivity index is 1.92. The number of cyclic esters (lactones) is 1. The molecule has 3 aliphatic rings. The molecule has 0 spiro atoms. The van der Waals surface area contributed by atoms with Crippen molar-refractivity contribution in [3.05, 3.63) is 36.0 Å². The van der Waals surface area contributed by atoms with E-state index in [1.165, 1.54) is 0 Å². The van der Waals surface area contributed by atoms with E-state index >= 15 is 0 Å². The zero-order chi connectivity index (χ0) is 17.5. The highest BCUT2D eigenvalue weighted by atomic mass is 16.6. The number of fused-ring (bicyclic) bond motifs is 2. The molecule has 0 aromatic heterocycles. The predicted molar refractivity (Wildman–Crippen MR) is 92.3 cm³/mol. The number of hydrogen-bond acceptors (Lipinski definition) is 4. The molecule has 0 aromatic rings. The van der Waals surface area contributed by atoms with E-state index in [9.17, 15) is 9.90 Å². The molecule has 132 valence electrons. The van der Waals surface area contributed by atoms with Gasteiger partial charge < -0.3 is 14.6 Å². The number of allylic oxidation sites excluding steroid dienone is 3. The molecule has 0 bridgehead atoms. The highest BCUT2D eigenvalue weighted by Gasteiger charge is 2.58. The standard InChI is InChI=1S/C20H28O4/c1-13(2)6-5-10-20(12-21)15-9-11-19(4)16(23-19)8-7-14(3)17(15)18(22)24-20/h5-6,10,15-17,21H,3,7-9,11-12H2,1-2,4H3/b10-5+/t15-,16+,17-,19-,20-/m1/s1. The minimum Gasteiger partial charge on any atom is -0.452 e. The third kappa shape index (κ3) is 2.98. The van der Waals surface area contributed by atoms with Gasteiger partial charge in [0.2, 0.25) is 0 Å². The van der Waals surface area contributed by atoms with Crippen LogP contribution in [0.15, 0.2) is 36.0 Å². The first kappa shape index (κ1) is 17.4. The van der Waals surface area contributed by atoms with Crippen LogP contribution in [0.1, 0.15) is 46.5 Å². The van der Waals surface area contributed by atoms with E-state index in [4.69, 9.17) is 9.47 Å². The van der Waals surface area contributed by atoms with Crippen LogP contribution in [0.2, 0.25) is 0 Å². The summed E-state index contributed by atoms with van der Waals surface area (Å²) in [6, 6.07) is 0. The second kappa shape index (κ2) is 6.16. The molecule has 24 heavy (non-hydrogen) atoms. The number of esters is 1. The van der Waals surface area contributed by atoms with Crippen molar-refractivity contribution in [2.45, 2.75) is 63.8 Å². The lowest BCUT2D eigenvalue weighted by molar-refractivity contribution is -0.149. The number of aliphatic hydroxyl groups excluding tert-OH is 1. The molecule has 0 radical (unpaired) electrons. The Hall–Kier alpha value is -1.39. The summed E-state index contributed by atoms with van der Waals surface area (Å²) in [5.74, 6) is -0.666. The maximum atomic E-state index is 12.6. The van der Waals surface area contributed by atoms with Crippen molar-refractivity contribution in [2.75, 3.05) is 6.61 Å². The smallest absolute Gasteiger partial charge is 0.314 e. The molecule has 4 heteroatoms. The van der Waals surface area contributed by atoms with E-state index in [1.54, 1.807) is 0 Å². The van der Waals surface area contributed by atoms with Crippen LogP contribution in [0.4, 0.5) is 0 Å². The van der Waals surface area contributed by atoms with E-state index in [-0.39, 0.29) is 36.1 Å². The lowest BCUT2D eigenvalue weighted by Gasteiger charge is -2.31. The molecule has 1 N–H and O–H groups in total. The van der Waals surface area contributed by atoms with Gasteiger partial charge in [0.05, 0.1) is 24.2 Å². The second-order valence-corrected chi connectivity index (χ2v) is 7.88. The molecule has 0 unspecified atom stereocenters. The fraction of sp³-hybridized carbons (Fsp3) is 0.650. The summed E-state index contributed by atoms with van der Waals surface area (Å²) in [5.41, 5.74) is 1.02. The third-order valence-corrected chi connectivity index (χ3v) is 5.78. The van der Waals surface area contributed by atoms with Gasteiger partial charge in [-0.25, -0.2) is 0 Å². The third-order valence-electron chi connectivity index (χ3n) is 5.78. The molecule has 4 nitrogen and oxygen atoms in total. The summed E-state index contributed by atoms with van der Waals surface area (Å²) in [5, 5.41) is 10.1. The Labute approximate surface area is 144 Å². The van der Waals surface area contributed by atoms with Gasteiger partial charge in [-0.3, -0.25) is 4.79 Å². The number of aliphatic hydroxyl groups is 1. The van der Waals surface area contributed by atoms with E-state index < -0.39 is 5.60 Å². The number of epoxide rings is 1. The zero-order valence-electron chi connectivity index (χ0n) is 14.9. The minimum atomic E-state index is -0.957. The van der Waals surface area contributed by atoms with Crippen molar-refractivity contribution in [1.29, 1.82) is 0 Å². The van der Waals surface area contributed by atoms with Crippen LogP contribution in [0.25, 0.3) is 0 Å². The second-order valence-electron chi connectivity index (χ2n) is 7.88. The Bertz CT molecular complexity index is 601. The fourth-order valence-corrected chi connectivity index (χ4v) is 4.19. The lowest BCUT2D eigenvalue weighted by atomic mass is 9.74. The number of carbonyl (C=O) groups is 1. The van der Waals surface area contributed by atoms with Gasteiger partial charge in [-0.15, -0.1) is 0 Å². The van der Waals surface area contributed by atoms with Gasteiger partial charge in [-0.1, -0.05) is 29.9 Å². The molecule has 1 aliphatic carbocycles.